The predicted molar refractivity (Wildman–Crippen MR) is 72.6 cm³/mol. The van der Waals surface area contributed by atoms with Gasteiger partial charge in [-0.3, -0.25) is 9.69 Å². The molecule has 1 aliphatic heterocycles. The van der Waals surface area contributed by atoms with E-state index in [-0.39, 0.29) is 12.4 Å². The summed E-state index contributed by atoms with van der Waals surface area (Å²) in [6, 6.07) is 3.79. The molecule has 1 aliphatic rings. The molecule has 1 fully saturated rings. The Hall–Kier alpha value is -0.230. The van der Waals surface area contributed by atoms with Crippen molar-refractivity contribution in [1.82, 2.24) is 4.90 Å². The van der Waals surface area contributed by atoms with Crippen LogP contribution in [0.1, 0.15) is 22.5 Å². The van der Waals surface area contributed by atoms with Gasteiger partial charge < -0.3 is 5.11 Å². The maximum absolute atomic E-state index is 12.0. The second kappa shape index (κ2) is 6.09. The van der Waals surface area contributed by atoms with E-state index in [1.54, 1.807) is 0 Å². The van der Waals surface area contributed by atoms with E-state index in [1.807, 2.05) is 12.1 Å². The molecular formula is C12H16BrNO2S. The van der Waals surface area contributed by atoms with Gasteiger partial charge in [0.15, 0.2) is 5.78 Å². The molecule has 1 aromatic heterocycles. The lowest BCUT2D eigenvalue weighted by Gasteiger charge is -2.30. The number of halogens is 1. The number of carbonyl (C=O) groups excluding carboxylic acids is 1. The van der Waals surface area contributed by atoms with E-state index in [1.165, 1.54) is 11.3 Å². The molecule has 17 heavy (non-hydrogen) atoms. The van der Waals surface area contributed by atoms with Crippen LogP contribution in [0.5, 0.6) is 0 Å². The molecule has 0 spiro atoms. The van der Waals surface area contributed by atoms with Crippen LogP contribution in [-0.4, -0.2) is 42.0 Å². The smallest absolute Gasteiger partial charge is 0.186 e. The van der Waals surface area contributed by atoms with Crippen LogP contribution in [0, 0.1) is 5.92 Å². The summed E-state index contributed by atoms with van der Waals surface area (Å²) in [5, 5.41) is 9.05. The van der Waals surface area contributed by atoms with Gasteiger partial charge in [-0.15, -0.1) is 11.3 Å². The normalized spacial score (nSPS) is 18.5. The van der Waals surface area contributed by atoms with Crippen molar-refractivity contribution in [1.29, 1.82) is 0 Å². The van der Waals surface area contributed by atoms with E-state index < -0.39 is 0 Å². The van der Waals surface area contributed by atoms with Crippen molar-refractivity contribution in [2.75, 3.05) is 26.2 Å². The van der Waals surface area contributed by atoms with Gasteiger partial charge in [0.05, 0.1) is 15.2 Å². The molecule has 0 saturated carbocycles. The van der Waals surface area contributed by atoms with Crippen molar-refractivity contribution in [3.8, 4) is 0 Å². The minimum Gasteiger partial charge on any atom is -0.396 e. The van der Waals surface area contributed by atoms with Crippen molar-refractivity contribution in [3.05, 3.63) is 20.8 Å². The summed E-state index contributed by atoms with van der Waals surface area (Å²) in [6.07, 6.45) is 2.00. The van der Waals surface area contributed by atoms with Crippen molar-refractivity contribution in [2.45, 2.75) is 12.8 Å². The molecule has 0 amide bonds. The second-order valence-corrected chi connectivity index (χ2v) is 6.89. The molecule has 0 atom stereocenters. The summed E-state index contributed by atoms with van der Waals surface area (Å²) in [7, 11) is 0. The fraction of sp³-hybridized carbons (Fsp3) is 0.583. The average Bonchev–Trinajstić information content (AvgIpc) is 2.77. The highest BCUT2D eigenvalue weighted by Crippen LogP contribution is 2.23. The van der Waals surface area contributed by atoms with Crippen LogP contribution >= 0.6 is 27.3 Å². The molecular weight excluding hydrogens is 302 g/mol. The van der Waals surface area contributed by atoms with Gasteiger partial charge in [0.1, 0.15) is 0 Å². The lowest BCUT2D eigenvalue weighted by atomic mass is 9.98. The Labute approximate surface area is 114 Å². The Morgan fingerprint density at radius 1 is 1.47 bits per heavy atom. The van der Waals surface area contributed by atoms with Gasteiger partial charge in [-0.05, 0) is 59.9 Å². The zero-order chi connectivity index (χ0) is 12.3. The molecule has 2 heterocycles. The van der Waals surface area contributed by atoms with Crippen LogP contribution in [-0.2, 0) is 0 Å². The first-order chi connectivity index (χ1) is 8.19. The third-order valence-electron chi connectivity index (χ3n) is 3.18. The fourth-order valence-electron chi connectivity index (χ4n) is 2.07. The van der Waals surface area contributed by atoms with Gasteiger partial charge in [0.25, 0.3) is 0 Å². The molecule has 0 aromatic carbocycles. The number of thiophene rings is 1. The standard InChI is InChI=1S/C12H16BrNO2S/c13-12-2-1-11(17-12)10(16)7-14-5-3-9(8-15)4-6-14/h1-2,9,15H,3-8H2. The van der Waals surface area contributed by atoms with E-state index >= 15 is 0 Å². The first-order valence-corrected chi connectivity index (χ1v) is 7.41. The predicted octanol–water partition coefficient (Wildman–Crippen LogP) is 2.40. The number of likely N-dealkylation sites (tertiary alicyclic amines) is 1. The van der Waals surface area contributed by atoms with Gasteiger partial charge in [-0.2, -0.15) is 0 Å². The van der Waals surface area contributed by atoms with Gasteiger partial charge in [-0.1, -0.05) is 0 Å². The van der Waals surface area contributed by atoms with Crippen LogP contribution in [0.3, 0.4) is 0 Å². The van der Waals surface area contributed by atoms with E-state index in [2.05, 4.69) is 20.8 Å². The maximum atomic E-state index is 12.0. The monoisotopic (exact) mass is 317 g/mol. The quantitative estimate of drug-likeness (QED) is 0.867. The minimum atomic E-state index is 0.197. The van der Waals surface area contributed by atoms with E-state index in [4.69, 9.17) is 5.11 Å². The number of rotatable bonds is 4. The van der Waals surface area contributed by atoms with Crippen molar-refractivity contribution in [3.63, 3.8) is 0 Å². The molecule has 1 N–H and O–H groups in total. The lowest BCUT2D eigenvalue weighted by Crippen LogP contribution is -2.38. The Kier molecular flexibility index (Phi) is 4.73. The molecule has 1 saturated heterocycles. The third-order valence-corrected chi connectivity index (χ3v) is 4.85. The highest BCUT2D eigenvalue weighted by molar-refractivity contribution is 9.11. The number of Topliss-reactive ketones (excluding diaryl/α,β-unsaturated/α-hetero) is 1. The molecule has 0 aliphatic carbocycles. The van der Waals surface area contributed by atoms with Crippen LogP contribution in [0.15, 0.2) is 15.9 Å². The number of aliphatic hydroxyl groups is 1. The maximum Gasteiger partial charge on any atom is 0.186 e. The zero-order valence-electron chi connectivity index (χ0n) is 9.56. The Balaban J connectivity index is 1.84. The number of ketones is 1. The van der Waals surface area contributed by atoms with Crippen LogP contribution < -0.4 is 0 Å². The molecule has 5 heteroatoms. The third kappa shape index (κ3) is 3.61. The Morgan fingerprint density at radius 2 is 2.18 bits per heavy atom. The van der Waals surface area contributed by atoms with E-state index in [0.29, 0.717) is 12.5 Å². The van der Waals surface area contributed by atoms with Gasteiger partial charge >= 0.3 is 0 Å². The van der Waals surface area contributed by atoms with Gasteiger partial charge in [0, 0.05) is 6.61 Å². The first-order valence-electron chi connectivity index (χ1n) is 5.81. The summed E-state index contributed by atoms with van der Waals surface area (Å²) in [5.74, 6) is 0.625. The highest BCUT2D eigenvalue weighted by Gasteiger charge is 2.21. The van der Waals surface area contributed by atoms with Crippen molar-refractivity contribution < 1.29 is 9.90 Å². The van der Waals surface area contributed by atoms with Gasteiger partial charge in [-0.25, -0.2) is 0 Å². The second-order valence-electron chi connectivity index (χ2n) is 4.43. The number of hydrogen-bond acceptors (Lipinski definition) is 4. The van der Waals surface area contributed by atoms with Crippen LogP contribution in [0.25, 0.3) is 0 Å². The summed E-state index contributed by atoms with van der Waals surface area (Å²) in [6.45, 7) is 2.62. The summed E-state index contributed by atoms with van der Waals surface area (Å²) in [5.41, 5.74) is 0. The van der Waals surface area contributed by atoms with Crippen LogP contribution in [0.4, 0.5) is 0 Å². The minimum absolute atomic E-state index is 0.197. The highest BCUT2D eigenvalue weighted by atomic mass is 79.9. The molecule has 94 valence electrons. The lowest BCUT2D eigenvalue weighted by molar-refractivity contribution is 0.0868. The van der Waals surface area contributed by atoms with Gasteiger partial charge in [0.2, 0.25) is 0 Å². The SMILES string of the molecule is O=C(CN1CCC(CO)CC1)c1ccc(Br)s1. The summed E-state index contributed by atoms with van der Waals surface area (Å²) >= 11 is 4.86. The number of piperidine rings is 1. The molecule has 0 unspecified atom stereocenters. The molecule has 3 nitrogen and oxygen atoms in total. The number of carbonyl (C=O) groups is 1. The molecule has 1 aromatic rings. The topological polar surface area (TPSA) is 40.5 Å². The zero-order valence-corrected chi connectivity index (χ0v) is 12.0. The summed E-state index contributed by atoms with van der Waals surface area (Å²) < 4.78 is 1.000. The molecule has 2 rings (SSSR count). The van der Waals surface area contributed by atoms with Crippen molar-refractivity contribution >= 4 is 33.0 Å². The summed E-state index contributed by atoms with van der Waals surface area (Å²) in [4.78, 5) is 15.0. The Morgan fingerprint density at radius 3 is 2.71 bits per heavy atom. The van der Waals surface area contributed by atoms with Crippen molar-refractivity contribution in [2.24, 2.45) is 5.92 Å². The first kappa shape index (κ1) is 13.2. The molecule has 0 radical (unpaired) electrons. The number of nitrogens with zero attached hydrogens (tertiary/aromatic N) is 1. The largest absolute Gasteiger partial charge is 0.396 e. The fourth-order valence-corrected chi connectivity index (χ4v) is 3.39. The van der Waals surface area contributed by atoms with Crippen LogP contribution in [0.2, 0.25) is 0 Å². The number of hydrogen-bond donors (Lipinski definition) is 1. The van der Waals surface area contributed by atoms with E-state index in [0.717, 1.165) is 34.6 Å². The number of aliphatic hydroxyl groups excluding tert-OH is 1. The molecule has 0 bridgehead atoms. The Bertz CT molecular complexity index is 386. The average molecular weight is 318 g/mol. The van der Waals surface area contributed by atoms with E-state index in [9.17, 15) is 4.79 Å².